The van der Waals surface area contributed by atoms with Crippen molar-refractivity contribution in [2.75, 3.05) is 23.8 Å². The molecular weight excluding hydrogens is 388 g/mol. The van der Waals surface area contributed by atoms with Gasteiger partial charge in [-0.25, -0.2) is 0 Å². The zero-order chi connectivity index (χ0) is 20.6. The lowest BCUT2D eigenvalue weighted by Crippen LogP contribution is -2.32. The quantitative estimate of drug-likeness (QED) is 0.622. The minimum atomic E-state index is -0.465. The molecule has 29 heavy (non-hydrogen) atoms. The van der Waals surface area contributed by atoms with E-state index in [-0.39, 0.29) is 18.2 Å². The number of hydrogen-bond acceptors (Lipinski definition) is 5. The molecule has 0 saturated heterocycles. The Hall–Kier alpha value is -2.67. The Morgan fingerprint density at radius 1 is 1.07 bits per heavy atom. The molecule has 2 N–H and O–H groups in total. The summed E-state index contributed by atoms with van der Waals surface area (Å²) >= 11 is 1.41. The highest BCUT2D eigenvalue weighted by atomic mass is 32.2. The molecule has 0 aliphatic carbocycles. The number of thioether (sulfide) groups is 1. The van der Waals surface area contributed by atoms with Crippen molar-refractivity contribution in [3.8, 4) is 11.5 Å². The number of amides is 2. The Morgan fingerprint density at radius 2 is 1.79 bits per heavy atom. The number of para-hydroxylation sites is 1. The zero-order valence-corrected chi connectivity index (χ0v) is 17.5. The van der Waals surface area contributed by atoms with Crippen LogP contribution in [0.1, 0.15) is 33.1 Å². The van der Waals surface area contributed by atoms with E-state index in [1.165, 1.54) is 11.8 Å². The maximum Gasteiger partial charge on any atom is 0.238 e. The molecule has 2 aromatic carbocycles. The lowest BCUT2D eigenvalue weighted by molar-refractivity contribution is -0.120. The van der Waals surface area contributed by atoms with E-state index in [9.17, 15) is 9.59 Å². The summed E-state index contributed by atoms with van der Waals surface area (Å²) in [7, 11) is 0. The summed E-state index contributed by atoms with van der Waals surface area (Å²) in [5.74, 6) is 0.897. The second-order valence-electron chi connectivity index (χ2n) is 6.70. The number of ether oxygens (including phenoxy) is 2. The Balaban J connectivity index is 1.64. The summed E-state index contributed by atoms with van der Waals surface area (Å²) in [5.41, 5.74) is 1.41. The second-order valence-corrected chi connectivity index (χ2v) is 7.95. The molecule has 0 fully saturated rings. The first kappa shape index (κ1) is 21.0. The molecule has 1 heterocycles. The highest BCUT2D eigenvalue weighted by Gasteiger charge is 2.28. The van der Waals surface area contributed by atoms with Crippen molar-refractivity contribution in [1.29, 1.82) is 0 Å². The van der Waals surface area contributed by atoms with Crippen molar-refractivity contribution in [2.24, 2.45) is 0 Å². The molecule has 2 aromatic rings. The number of fused-ring (bicyclic) bond motifs is 1. The molecule has 1 atom stereocenters. The van der Waals surface area contributed by atoms with Crippen molar-refractivity contribution < 1.29 is 19.1 Å². The van der Waals surface area contributed by atoms with Crippen LogP contribution in [0.2, 0.25) is 0 Å². The molecule has 3 rings (SSSR count). The van der Waals surface area contributed by atoms with Gasteiger partial charge in [-0.2, -0.15) is 0 Å². The predicted molar refractivity (Wildman–Crippen MR) is 116 cm³/mol. The summed E-state index contributed by atoms with van der Waals surface area (Å²) in [5, 5.41) is 5.26. The molecule has 0 bridgehead atoms. The van der Waals surface area contributed by atoms with E-state index in [4.69, 9.17) is 9.47 Å². The molecule has 0 aromatic heterocycles. The Kier molecular flexibility index (Phi) is 7.41. The Bertz CT molecular complexity index is 872. The number of hydrogen-bond donors (Lipinski definition) is 2. The van der Waals surface area contributed by atoms with Crippen LogP contribution in [0.15, 0.2) is 47.4 Å². The van der Waals surface area contributed by atoms with Crippen LogP contribution in [0, 0.1) is 0 Å². The summed E-state index contributed by atoms with van der Waals surface area (Å²) in [4.78, 5) is 25.8. The van der Waals surface area contributed by atoms with Crippen molar-refractivity contribution in [3.05, 3.63) is 42.5 Å². The van der Waals surface area contributed by atoms with Gasteiger partial charge in [0.1, 0.15) is 0 Å². The SMILES string of the molecule is CCCOc1ccc(NC(=O)C[C@@H]2Sc3ccccc3NC2=O)cc1OCCC. The average molecular weight is 415 g/mol. The molecule has 2 amide bonds. The number of anilines is 2. The van der Waals surface area contributed by atoms with E-state index in [0.29, 0.717) is 30.4 Å². The first-order valence-electron chi connectivity index (χ1n) is 9.86. The molecule has 0 spiro atoms. The number of carbonyl (C=O) groups is 2. The monoisotopic (exact) mass is 414 g/mol. The third-order valence-electron chi connectivity index (χ3n) is 4.23. The van der Waals surface area contributed by atoms with Crippen molar-refractivity contribution in [1.82, 2.24) is 0 Å². The minimum absolute atomic E-state index is 0.0874. The summed E-state index contributed by atoms with van der Waals surface area (Å²) in [6, 6.07) is 12.9. The Morgan fingerprint density at radius 3 is 2.55 bits per heavy atom. The summed E-state index contributed by atoms with van der Waals surface area (Å²) in [6.45, 7) is 5.24. The fraction of sp³-hybridized carbons (Fsp3) is 0.364. The number of benzene rings is 2. The fourth-order valence-electron chi connectivity index (χ4n) is 2.85. The molecule has 1 aliphatic heterocycles. The van der Waals surface area contributed by atoms with E-state index in [1.54, 1.807) is 18.2 Å². The van der Waals surface area contributed by atoms with Crippen molar-refractivity contribution in [2.45, 2.75) is 43.3 Å². The van der Waals surface area contributed by atoms with Gasteiger partial charge in [-0.15, -0.1) is 11.8 Å². The maximum atomic E-state index is 12.5. The molecule has 154 valence electrons. The van der Waals surface area contributed by atoms with Gasteiger partial charge in [0, 0.05) is 23.1 Å². The van der Waals surface area contributed by atoms with E-state index in [1.807, 2.05) is 38.1 Å². The molecule has 6 nitrogen and oxygen atoms in total. The van der Waals surface area contributed by atoms with Crippen LogP contribution >= 0.6 is 11.8 Å². The molecular formula is C22H26N2O4S. The third-order valence-corrected chi connectivity index (χ3v) is 5.50. The van der Waals surface area contributed by atoms with E-state index in [2.05, 4.69) is 10.6 Å². The van der Waals surface area contributed by atoms with Gasteiger partial charge < -0.3 is 20.1 Å². The van der Waals surface area contributed by atoms with Gasteiger partial charge in [0.15, 0.2) is 11.5 Å². The van der Waals surface area contributed by atoms with E-state index >= 15 is 0 Å². The number of carbonyl (C=O) groups excluding carboxylic acids is 2. The van der Waals surface area contributed by atoms with Gasteiger partial charge in [0.05, 0.1) is 24.2 Å². The minimum Gasteiger partial charge on any atom is -0.490 e. The second kappa shape index (κ2) is 10.2. The first-order chi connectivity index (χ1) is 14.1. The van der Waals surface area contributed by atoms with Crippen LogP contribution in [-0.2, 0) is 9.59 Å². The van der Waals surface area contributed by atoms with Crippen LogP contribution in [0.5, 0.6) is 11.5 Å². The van der Waals surface area contributed by atoms with Crippen LogP contribution in [-0.4, -0.2) is 30.3 Å². The standard InChI is InChI=1S/C22H26N2O4S/c1-3-11-27-17-10-9-15(13-18(17)28-12-4-2)23-21(25)14-20-22(26)24-16-7-5-6-8-19(16)29-20/h5-10,13,20H,3-4,11-12,14H2,1-2H3,(H,23,25)(H,24,26)/t20-/m0/s1. The topological polar surface area (TPSA) is 76.7 Å². The molecule has 1 aliphatic rings. The Labute approximate surface area is 175 Å². The van der Waals surface area contributed by atoms with Crippen LogP contribution in [0.25, 0.3) is 0 Å². The fourth-order valence-corrected chi connectivity index (χ4v) is 3.96. The normalized spacial score (nSPS) is 15.2. The number of nitrogens with one attached hydrogen (secondary N) is 2. The van der Waals surface area contributed by atoms with Crippen LogP contribution in [0.4, 0.5) is 11.4 Å². The smallest absolute Gasteiger partial charge is 0.238 e. The predicted octanol–water partition coefficient (Wildman–Crippen LogP) is 4.71. The molecule has 0 unspecified atom stereocenters. The summed E-state index contributed by atoms with van der Waals surface area (Å²) < 4.78 is 11.5. The first-order valence-corrected chi connectivity index (χ1v) is 10.7. The lowest BCUT2D eigenvalue weighted by Gasteiger charge is -2.23. The highest BCUT2D eigenvalue weighted by Crippen LogP contribution is 2.37. The van der Waals surface area contributed by atoms with Gasteiger partial charge in [0.2, 0.25) is 11.8 Å². The van der Waals surface area contributed by atoms with Crippen molar-refractivity contribution in [3.63, 3.8) is 0 Å². The molecule has 0 radical (unpaired) electrons. The van der Waals surface area contributed by atoms with Gasteiger partial charge in [-0.3, -0.25) is 9.59 Å². The summed E-state index contributed by atoms with van der Waals surface area (Å²) in [6.07, 6.45) is 1.86. The van der Waals surface area contributed by atoms with E-state index < -0.39 is 5.25 Å². The third kappa shape index (κ3) is 5.67. The zero-order valence-electron chi connectivity index (χ0n) is 16.7. The number of rotatable bonds is 9. The van der Waals surface area contributed by atoms with E-state index in [0.717, 1.165) is 23.4 Å². The van der Waals surface area contributed by atoms with Crippen LogP contribution in [0.3, 0.4) is 0 Å². The average Bonchev–Trinajstić information content (AvgIpc) is 2.72. The maximum absolute atomic E-state index is 12.5. The van der Waals surface area contributed by atoms with Gasteiger partial charge in [-0.05, 0) is 37.1 Å². The molecule has 0 saturated carbocycles. The lowest BCUT2D eigenvalue weighted by atomic mass is 10.2. The van der Waals surface area contributed by atoms with Crippen LogP contribution < -0.4 is 20.1 Å². The molecule has 7 heteroatoms. The van der Waals surface area contributed by atoms with Gasteiger partial charge in [-0.1, -0.05) is 26.0 Å². The van der Waals surface area contributed by atoms with Gasteiger partial charge in [0.25, 0.3) is 0 Å². The van der Waals surface area contributed by atoms with Crippen molar-refractivity contribution >= 4 is 35.0 Å². The highest BCUT2D eigenvalue weighted by molar-refractivity contribution is 8.01. The van der Waals surface area contributed by atoms with Gasteiger partial charge >= 0.3 is 0 Å². The largest absolute Gasteiger partial charge is 0.490 e.